The molecule has 26 heavy (non-hydrogen) atoms. The zero-order valence-electron chi connectivity index (χ0n) is 16.5. The van der Waals surface area contributed by atoms with E-state index >= 15 is 0 Å². The van der Waals surface area contributed by atoms with E-state index in [-0.39, 0.29) is 6.04 Å². The molecular weight excluding hydrogens is 318 g/mol. The largest absolute Gasteiger partial charge is 0.383 e. The van der Waals surface area contributed by atoms with Gasteiger partial charge < -0.3 is 10.2 Å². The molecule has 3 nitrogen and oxygen atoms in total. The highest BCUT2D eigenvalue weighted by atomic mass is 15.0. The molecule has 0 radical (unpaired) electrons. The molecule has 136 valence electrons. The van der Waals surface area contributed by atoms with Gasteiger partial charge in [0.25, 0.3) is 0 Å². The Labute approximate surface area is 157 Å². The van der Waals surface area contributed by atoms with Crippen molar-refractivity contribution in [1.29, 1.82) is 0 Å². The van der Waals surface area contributed by atoms with E-state index in [1.807, 2.05) is 38.2 Å². The molecule has 1 heterocycles. The molecule has 1 atom stereocenters. The molecular formula is C23H29N3. The number of rotatable bonds is 6. The summed E-state index contributed by atoms with van der Waals surface area (Å²) >= 11 is 0. The van der Waals surface area contributed by atoms with Crippen LogP contribution >= 0.6 is 0 Å². The third-order valence-corrected chi connectivity index (χ3v) is 4.30. The predicted molar refractivity (Wildman–Crippen MR) is 115 cm³/mol. The second-order valence-electron chi connectivity index (χ2n) is 6.53. The number of nitrogens with one attached hydrogen (secondary N) is 1. The van der Waals surface area contributed by atoms with E-state index in [2.05, 4.69) is 72.5 Å². The lowest BCUT2D eigenvalue weighted by Crippen LogP contribution is -2.30. The second-order valence-corrected chi connectivity index (χ2v) is 6.53. The van der Waals surface area contributed by atoms with Crippen molar-refractivity contribution in [2.24, 2.45) is 4.99 Å². The third-order valence-electron chi connectivity index (χ3n) is 4.30. The van der Waals surface area contributed by atoms with Gasteiger partial charge in [0.15, 0.2) is 0 Å². The Hall–Kier alpha value is -2.81. The standard InChI is InChI=1S/C23H29N3/c1-7-18(15-24-4)22-12-13-23(25-17(22)3)21-11-9-10-20(14-21)19(8-2)16-26(5)6/h7-17,25H,2H2,1,3-6H3/b18-7+,19-16+,24-15?. The fourth-order valence-corrected chi connectivity index (χ4v) is 3.05. The van der Waals surface area contributed by atoms with Crippen molar-refractivity contribution in [1.82, 2.24) is 10.2 Å². The van der Waals surface area contributed by atoms with Crippen LogP contribution in [0.4, 0.5) is 0 Å². The lowest BCUT2D eigenvalue weighted by Gasteiger charge is -2.25. The number of aliphatic imine (C=N–C) groups is 1. The van der Waals surface area contributed by atoms with Crippen LogP contribution in [0.15, 0.2) is 77.5 Å². The van der Waals surface area contributed by atoms with E-state index in [4.69, 9.17) is 0 Å². The summed E-state index contributed by atoms with van der Waals surface area (Å²) in [5.74, 6) is 0. The van der Waals surface area contributed by atoms with Gasteiger partial charge in [-0.25, -0.2) is 0 Å². The minimum absolute atomic E-state index is 0.221. The van der Waals surface area contributed by atoms with Gasteiger partial charge in [-0.05, 0) is 53.8 Å². The van der Waals surface area contributed by atoms with E-state index in [0.29, 0.717) is 0 Å². The first-order chi connectivity index (χ1) is 12.5. The van der Waals surface area contributed by atoms with E-state index in [1.165, 1.54) is 11.1 Å². The molecule has 1 aliphatic heterocycles. The summed E-state index contributed by atoms with van der Waals surface area (Å²) in [4.78, 5) is 6.19. The van der Waals surface area contributed by atoms with Gasteiger partial charge in [-0.1, -0.05) is 43.0 Å². The molecule has 0 spiro atoms. The first-order valence-corrected chi connectivity index (χ1v) is 8.89. The Bertz CT molecular complexity index is 804. The first kappa shape index (κ1) is 19.5. The minimum Gasteiger partial charge on any atom is -0.383 e. The summed E-state index contributed by atoms with van der Waals surface area (Å²) in [6, 6.07) is 8.76. The molecule has 0 bridgehead atoms. The Kier molecular flexibility index (Phi) is 6.79. The van der Waals surface area contributed by atoms with Crippen LogP contribution in [0.5, 0.6) is 0 Å². The molecule has 3 heteroatoms. The van der Waals surface area contributed by atoms with Crippen LogP contribution in [-0.4, -0.2) is 38.3 Å². The monoisotopic (exact) mass is 347 g/mol. The van der Waals surface area contributed by atoms with Crippen LogP contribution in [-0.2, 0) is 0 Å². The highest BCUT2D eigenvalue weighted by Crippen LogP contribution is 2.25. The maximum Gasteiger partial charge on any atom is 0.0492 e. The maximum absolute atomic E-state index is 4.16. The number of allylic oxidation sites excluding steroid dienone is 5. The van der Waals surface area contributed by atoms with E-state index < -0.39 is 0 Å². The summed E-state index contributed by atoms with van der Waals surface area (Å²) in [6.45, 7) is 8.17. The van der Waals surface area contributed by atoms with Crippen molar-refractivity contribution in [2.75, 3.05) is 21.1 Å². The number of dihydropyridines is 1. The molecule has 1 N–H and O–H groups in total. The number of nitrogens with zero attached hydrogens (tertiary/aromatic N) is 2. The van der Waals surface area contributed by atoms with Crippen LogP contribution in [0.1, 0.15) is 25.0 Å². The van der Waals surface area contributed by atoms with E-state index in [9.17, 15) is 0 Å². The smallest absolute Gasteiger partial charge is 0.0492 e. The molecule has 0 aromatic heterocycles. The van der Waals surface area contributed by atoms with Gasteiger partial charge in [0.05, 0.1) is 0 Å². The van der Waals surface area contributed by atoms with Gasteiger partial charge in [0, 0.05) is 45.3 Å². The highest BCUT2D eigenvalue weighted by Gasteiger charge is 2.17. The Balaban J connectivity index is 2.38. The van der Waals surface area contributed by atoms with Crippen molar-refractivity contribution in [3.63, 3.8) is 0 Å². The molecule has 0 saturated heterocycles. The Morgan fingerprint density at radius 1 is 1.23 bits per heavy atom. The highest BCUT2D eigenvalue weighted by molar-refractivity contribution is 5.86. The average Bonchev–Trinajstić information content (AvgIpc) is 2.64. The first-order valence-electron chi connectivity index (χ1n) is 8.89. The summed E-state index contributed by atoms with van der Waals surface area (Å²) in [6.07, 6.45) is 12.3. The SMILES string of the molecule is C=C/C(=C\N(C)C)c1cccc(C2=CC=C(/C(C=NC)=C/C)C(C)N2)c1. The summed E-state index contributed by atoms with van der Waals surface area (Å²) < 4.78 is 0. The van der Waals surface area contributed by atoms with E-state index in [0.717, 1.165) is 22.4 Å². The molecule has 0 saturated carbocycles. The van der Waals surface area contributed by atoms with Crippen molar-refractivity contribution >= 4 is 17.5 Å². The zero-order chi connectivity index (χ0) is 19.1. The van der Waals surface area contributed by atoms with Crippen LogP contribution in [0.3, 0.4) is 0 Å². The lowest BCUT2D eigenvalue weighted by molar-refractivity contribution is 0.566. The van der Waals surface area contributed by atoms with Crippen molar-refractivity contribution in [3.8, 4) is 0 Å². The van der Waals surface area contributed by atoms with Gasteiger partial charge >= 0.3 is 0 Å². The Morgan fingerprint density at radius 3 is 2.58 bits per heavy atom. The lowest BCUT2D eigenvalue weighted by atomic mass is 9.94. The summed E-state index contributed by atoms with van der Waals surface area (Å²) in [7, 11) is 5.84. The Morgan fingerprint density at radius 2 is 2.00 bits per heavy atom. The number of hydrogen-bond donors (Lipinski definition) is 1. The molecule has 1 aromatic rings. The number of benzene rings is 1. The van der Waals surface area contributed by atoms with Crippen LogP contribution in [0.25, 0.3) is 11.3 Å². The van der Waals surface area contributed by atoms with Gasteiger partial charge in [-0.3, -0.25) is 4.99 Å². The van der Waals surface area contributed by atoms with Gasteiger partial charge in [0.1, 0.15) is 0 Å². The maximum atomic E-state index is 4.16. The topological polar surface area (TPSA) is 27.6 Å². The van der Waals surface area contributed by atoms with Crippen molar-refractivity contribution in [2.45, 2.75) is 19.9 Å². The van der Waals surface area contributed by atoms with Crippen LogP contribution < -0.4 is 5.32 Å². The predicted octanol–water partition coefficient (Wildman–Crippen LogP) is 4.68. The normalized spacial score (nSPS) is 18.3. The van der Waals surface area contributed by atoms with Gasteiger partial charge in [-0.2, -0.15) is 0 Å². The molecule has 1 aromatic carbocycles. The van der Waals surface area contributed by atoms with Gasteiger partial charge in [-0.15, -0.1) is 0 Å². The molecule has 1 unspecified atom stereocenters. The molecule has 2 rings (SSSR count). The second kappa shape index (κ2) is 9.04. The summed E-state index contributed by atoms with van der Waals surface area (Å²) in [5.41, 5.74) is 6.95. The molecule has 0 fully saturated rings. The third kappa shape index (κ3) is 4.63. The van der Waals surface area contributed by atoms with Crippen molar-refractivity contribution in [3.05, 3.63) is 83.6 Å². The van der Waals surface area contributed by atoms with E-state index in [1.54, 1.807) is 7.05 Å². The van der Waals surface area contributed by atoms with Crippen LogP contribution in [0.2, 0.25) is 0 Å². The molecule has 1 aliphatic rings. The average molecular weight is 348 g/mol. The molecule has 0 aliphatic carbocycles. The fraction of sp³-hybridized carbons (Fsp3) is 0.261. The quantitative estimate of drug-likeness (QED) is 0.597. The van der Waals surface area contributed by atoms with Gasteiger partial charge in [0.2, 0.25) is 0 Å². The van der Waals surface area contributed by atoms with Crippen molar-refractivity contribution < 1.29 is 0 Å². The number of hydrogen-bond acceptors (Lipinski definition) is 3. The minimum atomic E-state index is 0.221. The molecule has 0 amide bonds. The van der Waals surface area contributed by atoms with Crippen LogP contribution in [0, 0.1) is 0 Å². The fourth-order valence-electron chi connectivity index (χ4n) is 3.05. The summed E-state index contributed by atoms with van der Waals surface area (Å²) in [5, 5.41) is 3.62. The zero-order valence-corrected chi connectivity index (χ0v) is 16.5.